The van der Waals surface area contributed by atoms with E-state index < -0.39 is 0 Å². The summed E-state index contributed by atoms with van der Waals surface area (Å²) < 4.78 is 5.56. The van der Waals surface area contributed by atoms with Gasteiger partial charge in [0, 0.05) is 5.02 Å². The lowest BCUT2D eigenvalue weighted by molar-refractivity contribution is 0.111. The molecule has 0 aliphatic carbocycles. The molecule has 0 N–H and O–H groups in total. The Morgan fingerprint density at radius 1 is 1.35 bits per heavy atom. The third-order valence-corrected chi connectivity index (χ3v) is 3.41. The Balaban J connectivity index is 2.51. The average molecular weight is 314 g/mol. The molecule has 1 rings (SSSR count). The molecule has 0 amide bonds. The van der Waals surface area contributed by atoms with E-state index in [9.17, 15) is 4.79 Å². The first kappa shape index (κ1) is 16.8. The van der Waals surface area contributed by atoms with Gasteiger partial charge in [0.15, 0.2) is 6.29 Å². The van der Waals surface area contributed by atoms with Crippen molar-refractivity contribution in [2.75, 3.05) is 6.61 Å². The number of unbranched alkanes of at least 4 members (excludes halogenated alkanes) is 1. The summed E-state index contributed by atoms with van der Waals surface area (Å²) in [6.45, 7) is 4.27. The minimum Gasteiger partial charge on any atom is -0.491 e. The summed E-state index contributed by atoms with van der Waals surface area (Å²) >= 11 is 11.8. The minimum atomic E-state index is -0.314. The number of ether oxygens (including phenoxy) is 1. The Morgan fingerprint density at radius 2 is 2.05 bits per heavy atom. The fourth-order valence-electron chi connectivity index (χ4n) is 1.72. The van der Waals surface area contributed by atoms with Gasteiger partial charge in [0.25, 0.3) is 0 Å². The van der Waals surface area contributed by atoms with E-state index in [-0.39, 0.29) is 5.41 Å². The second kappa shape index (κ2) is 7.52. The first-order chi connectivity index (χ1) is 9.39. The van der Waals surface area contributed by atoms with Crippen LogP contribution in [0.3, 0.4) is 0 Å². The van der Waals surface area contributed by atoms with Crippen molar-refractivity contribution in [1.29, 1.82) is 5.26 Å². The monoisotopic (exact) mass is 313 g/mol. The molecule has 0 aromatic heterocycles. The van der Waals surface area contributed by atoms with Crippen LogP contribution in [0.2, 0.25) is 10.0 Å². The highest BCUT2D eigenvalue weighted by molar-refractivity contribution is 6.36. The van der Waals surface area contributed by atoms with E-state index in [1.807, 2.05) is 13.8 Å². The Morgan fingerprint density at radius 3 is 2.65 bits per heavy atom. The van der Waals surface area contributed by atoms with Crippen molar-refractivity contribution in [2.24, 2.45) is 5.41 Å². The van der Waals surface area contributed by atoms with Crippen LogP contribution >= 0.6 is 23.2 Å². The van der Waals surface area contributed by atoms with Gasteiger partial charge in [-0.1, -0.05) is 23.2 Å². The van der Waals surface area contributed by atoms with E-state index >= 15 is 0 Å². The molecule has 0 atom stereocenters. The smallest absolute Gasteiger partial charge is 0.153 e. The Kier molecular flexibility index (Phi) is 6.32. The fraction of sp³-hybridized carbons (Fsp3) is 0.467. The summed E-state index contributed by atoms with van der Waals surface area (Å²) in [5.74, 6) is 0.366. The highest BCUT2D eigenvalue weighted by Crippen LogP contribution is 2.31. The quantitative estimate of drug-likeness (QED) is 0.531. The summed E-state index contributed by atoms with van der Waals surface area (Å²) in [6.07, 6.45) is 3.15. The van der Waals surface area contributed by atoms with Crippen LogP contribution in [0.4, 0.5) is 0 Å². The number of nitriles is 1. The number of hydrogen-bond acceptors (Lipinski definition) is 3. The standard InChI is InChI=1S/C15H17Cl2NO2/c1-15(2,10-18)5-3-4-6-20-14-11(9-19)7-12(16)8-13(14)17/h7-9H,3-6H2,1-2H3. The number of halogens is 2. The molecule has 0 heterocycles. The van der Waals surface area contributed by atoms with Gasteiger partial charge in [0.2, 0.25) is 0 Å². The van der Waals surface area contributed by atoms with E-state index in [2.05, 4.69) is 6.07 Å². The first-order valence-corrected chi connectivity index (χ1v) is 7.13. The molecule has 0 spiro atoms. The molecule has 0 saturated carbocycles. The number of aldehydes is 1. The maximum Gasteiger partial charge on any atom is 0.153 e. The molecule has 3 nitrogen and oxygen atoms in total. The third-order valence-electron chi connectivity index (χ3n) is 2.91. The van der Waals surface area contributed by atoms with E-state index in [1.54, 1.807) is 6.07 Å². The van der Waals surface area contributed by atoms with Crippen molar-refractivity contribution in [2.45, 2.75) is 33.1 Å². The second-order valence-electron chi connectivity index (χ2n) is 5.23. The molecule has 0 radical (unpaired) electrons. The Bertz CT molecular complexity index is 521. The van der Waals surface area contributed by atoms with Crippen LogP contribution in [0.5, 0.6) is 5.75 Å². The van der Waals surface area contributed by atoms with Gasteiger partial charge in [-0.05, 0) is 45.2 Å². The van der Waals surface area contributed by atoms with Crippen molar-refractivity contribution in [3.63, 3.8) is 0 Å². The molecular formula is C15H17Cl2NO2. The van der Waals surface area contributed by atoms with Crippen LogP contribution in [0, 0.1) is 16.7 Å². The average Bonchev–Trinajstić information content (AvgIpc) is 2.39. The number of benzene rings is 1. The fourth-order valence-corrected chi connectivity index (χ4v) is 2.28. The lowest BCUT2D eigenvalue weighted by Gasteiger charge is -2.15. The van der Waals surface area contributed by atoms with Crippen molar-refractivity contribution in [3.8, 4) is 11.8 Å². The normalized spacial score (nSPS) is 10.9. The summed E-state index contributed by atoms with van der Waals surface area (Å²) in [4.78, 5) is 11.0. The molecule has 108 valence electrons. The van der Waals surface area contributed by atoms with Gasteiger partial charge in [-0.25, -0.2) is 0 Å². The number of rotatable bonds is 7. The summed E-state index contributed by atoms with van der Waals surface area (Å²) in [6, 6.07) is 5.33. The van der Waals surface area contributed by atoms with Crippen LogP contribution in [-0.2, 0) is 0 Å². The van der Waals surface area contributed by atoms with Crippen LogP contribution in [0.25, 0.3) is 0 Å². The Labute approximate surface area is 129 Å². The van der Waals surface area contributed by atoms with Crippen molar-refractivity contribution in [3.05, 3.63) is 27.7 Å². The van der Waals surface area contributed by atoms with E-state index in [1.165, 1.54) is 6.07 Å². The lowest BCUT2D eigenvalue weighted by atomic mass is 9.89. The van der Waals surface area contributed by atoms with Crippen LogP contribution in [0.1, 0.15) is 43.5 Å². The maximum absolute atomic E-state index is 11.0. The number of carbonyl (C=O) groups is 1. The van der Waals surface area contributed by atoms with Crippen molar-refractivity contribution >= 4 is 29.5 Å². The van der Waals surface area contributed by atoms with E-state index in [0.717, 1.165) is 19.3 Å². The summed E-state index contributed by atoms with van der Waals surface area (Å²) in [5, 5.41) is 9.64. The van der Waals surface area contributed by atoms with Gasteiger partial charge in [-0.15, -0.1) is 0 Å². The maximum atomic E-state index is 11.0. The number of hydrogen-bond donors (Lipinski definition) is 0. The molecule has 0 bridgehead atoms. The molecule has 1 aromatic carbocycles. The zero-order chi connectivity index (χ0) is 15.2. The molecule has 20 heavy (non-hydrogen) atoms. The predicted octanol–water partition coefficient (Wildman–Crippen LogP) is 4.90. The van der Waals surface area contributed by atoms with Gasteiger partial charge >= 0.3 is 0 Å². The van der Waals surface area contributed by atoms with Crippen molar-refractivity contribution < 1.29 is 9.53 Å². The predicted molar refractivity (Wildman–Crippen MR) is 80.6 cm³/mol. The SMILES string of the molecule is CC(C)(C#N)CCCCOc1c(Cl)cc(Cl)cc1C=O. The molecule has 0 aliphatic rings. The van der Waals surface area contributed by atoms with Crippen LogP contribution in [-0.4, -0.2) is 12.9 Å². The molecule has 1 aromatic rings. The van der Waals surface area contributed by atoms with Gasteiger partial charge in [0.05, 0.1) is 28.7 Å². The molecule has 0 saturated heterocycles. The second-order valence-corrected chi connectivity index (χ2v) is 6.07. The van der Waals surface area contributed by atoms with Gasteiger partial charge in [0.1, 0.15) is 5.75 Å². The minimum absolute atomic E-state index is 0.314. The number of nitrogens with zero attached hydrogens (tertiary/aromatic N) is 1. The third kappa shape index (κ3) is 5.03. The van der Waals surface area contributed by atoms with E-state index in [0.29, 0.717) is 34.3 Å². The lowest BCUT2D eigenvalue weighted by Crippen LogP contribution is -2.08. The first-order valence-electron chi connectivity index (χ1n) is 6.38. The largest absolute Gasteiger partial charge is 0.491 e. The topological polar surface area (TPSA) is 50.1 Å². The van der Waals surface area contributed by atoms with Gasteiger partial charge in [-0.2, -0.15) is 5.26 Å². The molecular weight excluding hydrogens is 297 g/mol. The Hall–Kier alpha value is -1.24. The van der Waals surface area contributed by atoms with Gasteiger partial charge < -0.3 is 4.74 Å². The zero-order valence-electron chi connectivity index (χ0n) is 11.6. The van der Waals surface area contributed by atoms with Crippen molar-refractivity contribution in [1.82, 2.24) is 0 Å². The zero-order valence-corrected chi connectivity index (χ0v) is 13.1. The molecule has 0 unspecified atom stereocenters. The van der Waals surface area contributed by atoms with Crippen LogP contribution < -0.4 is 4.74 Å². The van der Waals surface area contributed by atoms with E-state index in [4.69, 9.17) is 33.2 Å². The van der Waals surface area contributed by atoms with Gasteiger partial charge in [-0.3, -0.25) is 4.79 Å². The number of carbonyl (C=O) groups excluding carboxylic acids is 1. The highest BCUT2D eigenvalue weighted by Gasteiger charge is 2.15. The molecule has 0 fully saturated rings. The summed E-state index contributed by atoms with van der Waals surface area (Å²) in [5.41, 5.74) is 0.0335. The van der Waals surface area contributed by atoms with Crippen LogP contribution in [0.15, 0.2) is 12.1 Å². The molecule has 0 aliphatic heterocycles. The summed E-state index contributed by atoms with van der Waals surface area (Å²) in [7, 11) is 0. The highest BCUT2D eigenvalue weighted by atomic mass is 35.5. The molecule has 5 heteroatoms.